The monoisotopic (exact) mass is 236 g/mol. The molecular weight excluding hydrogens is 219 g/mol. The predicted octanol–water partition coefficient (Wildman–Crippen LogP) is 3.52. The standard InChI is InChI=1S/C14H17FO2/c1-9-7-14(17-6-5-11-3-4-11)12(10(2)16)8-13(9)15/h7-8,11H,3-6H2,1-2H3. The summed E-state index contributed by atoms with van der Waals surface area (Å²) in [6.45, 7) is 3.71. The van der Waals surface area contributed by atoms with Crippen LogP contribution >= 0.6 is 0 Å². The van der Waals surface area contributed by atoms with Crippen LogP contribution in [0.4, 0.5) is 4.39 Å². The molecule has 0 N–H and O–H groups in total. The van der Waals surface area contributed by atoms with Crippen molar-refractivity contribution >= 4 is 5.78 Å². The molecule has 0 amide bonds. The molecule has 0 bridgehead atoms. The van der Waals surface area contributed by atoms with Gasteiger partial charge in [-0.2, -0.15) is 0 Å². The quantitative estimate of drug-likeness (QED) is 0.731. The third kappa shape index (κ3) is 3.05. The van der Waals surface area contributed by atoms with Gasteiger partial charge in [-0.1, -0.05) is 12.8 Å². The maximum absolute atomic E-state index is 13.4. The number of carbonyl (C=O) groups is 1. The summed E-state index contributed by atoms with van der Waals surface area (Å²) in [6.07, 6.45) is 3.59. The molecule has 0 aromatic heterocycles. The largest absolute Gasteiger partial charge is 0.493 e. The van der Waals surface area contributed by atoms with E-state index in [1.807, 2.05) is 0 Å². The van der Waals surface area contributed by atoms with Crippen molar-refractivity contribution in [2.75, 3.05) is 6.61 Å². The lowest BCUT2D eigenvalue weighted by molar-refractivity contribution is 0.101. The summed E-state index contributed by atoms with van der Waals surface area (Å²) in [6, 6.07) is 2.88. The van der Waals surface area contributed by atoms with Crippen LogP contribution in [-0.4, -0.2) is 12.4 Å². The topological polar surface area (TPSA) is 26.3 Å². The van der Waals surface area contributed by atoms with Crippen LogP contribution in [0.5, 0.6) is 5.75 Å². The molecule has 0 atom stereocenters. The highest BCUT2D eigenvalue weighted by Crippen LogP contribution is 2.32. The summed E-state index contributed by atoms with van der Waals surface area (Å²) in [7, 11) is 0. The van der Waals surface area contributed by atoms with Crippen molar-refractivity contribution in [3.63, 3.8) is 0 Å². The van der Waals surface area contributed by atoms with Gasteiger partial charge < -0.3 is 4.74 Å². The van der Waals surface area contributed by atoms with Gasteiger partial charge in [0.15, 0.2) is 5.78 Å². The Bertz CT molecular complexity index is 436. The summed E-state index contributed by atoms with van der Waals surface area (Å²) in [5.41, 5.74) is 0.848. The fourth-order valence-corrected chi connectivity index (χ4v) is 1.79. The zero-order valence-electron chi connectivity index (χ0n) is 10.3. The van der Waals surface area contributed by atoms with Crippen LogP contribution in [0.15, 0.2) is 12.1 Å². The number of hydrogen-bond acceptors (Lipinski definition) is 2. The predicted molar refractivity (Wildman–Crippen MR) is 64.0 cm³/mol. The maximum Gasteiger partial charge on any atom is 0.163 e. The first-order valence-electron chi connectivity index (χ1n) is 6.02. The number of aryl methyl sites for hydroxylation is 1. The van der Waals surface area contributed by atoms with E-state index < -0.39 is 0 Å². The number of ketones is 1. The molecule has 1 aliphatic carbocycles. The molecule has 0 aliphatic heterocycles. The minimum atomic E-state index is -0.357. The lowest BCUT2D eigenvalue weighted by atomic mass is 10.1. The Morgan fingerprint density at radius 1 is 1.47 bits per heavy atom. The SMILES string of the molecule is CC(=O)c1cc(F)c(C)cc1OCCC1CC1. The highest BCUT2D eigenvalue weighted by molar-refractivity contribution is 5.96. The number of carbonyl (C=O) groups excluding carboxylic acids is 1. The second-order valence-corrected chi connectivity index (χ2v) is 4.73. The first-order chi connectivity index (χ1) is 8.08. The number of Topliss-reactive ketones (excluding diaryl/α,β-unsaturated/α-hetero) is 1. The second-order valence-electron chi connectivity index (χ2n) is 4.73. The summed E-state index contributed by atoms with van der Waals surface area (Å²) in [5, 5.41) is 0. The van der Waals surface area contributed by atoms with Crippen molar-refractivity contribution in [1.82, 2.24) is 0 Å². The van der Waals surface area contributed by atoms with Crippen LogP contribution in [0, 0.1) is 18.7 Å². The number of hydrogen-bond donors (Lipinski definition) is 0. The van der Waals surface area contributed by atoms with Crippen molar-refractivity contribution in [3.05, 3.63) is 29.1 Å². The van der Waals surface area contributed by atoms with Gasteiger partial charge in [0.05, 0.1) is 12.2 Å². The zero-order chi connectivity index (χ0) is 12.4. The van der Waals surface area contributed by atoms with Crippen LogP contribution in [-0.2, 0) is 0 Å². The van der Waals surface area contributed by atoms with Crippen LogP contribution in [0.3, 0.4) is 0 Å². The van der Waals surface area contributed by atoms with Gasteiger partial charge in [0, 0.05) is 0 Å². The van der Waals surface area contributed by atoms with Gasteiger partial charge in [-0.25, -0.2) is 4.39 Å². The average Bonchev–Trinajstić information content (AvgIpc) is 3.06. The Kier molecular flexibility index (Phi) is 3.46. The Hall–Kier alpha value is -1.38. The van der Waals surface area contributed by atoms with Crippen LogP contribution in [0.2, 0.25) is 0 Å². The molecule has 0 unspecified atom stereocenters. The van der Waals surface area contributed by atoms with Crippen LogP contribution in [0.25, 0.3) is 0 Å². The van der Waals surface area contributed by atoms with Gasteiger partial charge in [-0.05, 0) is 43.9 Å². The number of halogens is 1. The first kappa shape index (κ1) is 12.1. The molecule has 2 nitrogen and oxygen atoms in total. The average molecular weight is 236 g/mol. The Balaban J connectivity index is 2.11. The molecule has 0 saturated heterocycles. The molecule has 1 saturated carbocycles. The van der Waals surface area contributed by atoms with Crippen molar-refractivity contribution in [2.45, 2.75) is 33.1 Å². The third-order valence-electron chi connectivity index (χ3n) is 3.12. The Morgan fingerprint density at radius 2 is 2.18 bits per heavy atom. The van der Waals surface area contributed by atoms with E-state index >= 15 is 0 Å². The number of ether oxygens (including phenoxy) is 1. The van der Waals surface area contributed by atoms with Crippen LogP contribution < -0.4 is 4.74 Å². The molecule has 92 valence electrons. The van der Waals surface area contributed by atoms with Gasteiger partial charge >= 0.3 is 0 Å². The smallest absolute Gasteiger partial charge is 0.163 e. The molecule has 3 heteroatoms. The van der Waals surface area contributed by atoms with Gasteiger partial charge in [-0.3, -0.25) is 4.79 Å². The lowest BCUT2D eigenvalue weighted by Gasteiger charge is -2.11. The fraction of sp³-hybridized carbons (Fsp3) is 0.500. The molecule has 1 fully saturated rings. The fourth-order valence-electron chi connectivity index (χ4n) is 1.79. The molecule has 0 radical (unpaired) electrons. The van der Waals surface area contributed by atoms with E-state index in [9.17, 15) is 9.18 Å². The van der Waals surface area contributed by atoms with E-state index in [0.29, 0.717) is 23.5 Å². The van der Waals surface area contributed by atoms with E-state index in [4.69, 9.17) is 4.74 Å². The van der Waals surface area contributed by atoms with Crippen molar-refractivity contribution in [2.24, 2.45) is 5.92 Å². The van der Waals surface area contributed by atoms with E-state index in [1.165, 1.54) is 25.8 Å². The Morgan fingerprint density at radius 3 is 2.76 bits per heavy atom. The van der Waals surface area contributed by atoms with Crippen LogP contribution in [0.1, 0.15) is 42.1 Å². The first-order valence-corrected chi connectivity index (χ1v) is 6.02. The van der Waals surface area contributed by atoms with E-state index in [-0.39, 0.29) is 11.6 Å². The normalized spacial score (nSPS) is 14.8. The third-order valence-corrected chi connectivity index (χ3v) is 3.12. The molecule has 0 spiro atoms. The minimum absolute atomic E-state index is 0.162. The summed E-state index contributed by atoms with van der Waals surface area (Å²) in [5.74, 6) is 0.782. The highest BCUT2D eigenvalue weighted by atomic mass is 19.1. The van der Waals surface area contributed by atoms with E-state index in [1.54, 1.807) is 13.0 Å². The molecule has 1 aromatic rings. The molecule has 1 aromatic carbocycles. The summed E-state index contributed by atoms with van der Waals surface area (Å²) >= 11 is 0. The highest BCUT2D eigenvalue weighted by Gasteiger charge is 2.21. The Labute approximate surface area is 101 Å². The molecule has 1 aliphatic rings. The van der Waals surface area contributed by atoms with Crippen molar-refractivity contribution < 1.29 is 13.9 Å². The van der Waals surface area contributed by atoms with Gasteiger partial charge in [0.25, 0.3) is 0 Å². The molecular formula is C14H17FO2. The molecule has 17 heavy (non-hydrogen) atoms. The number of benzene rings is 1. The van der Waals surface area contributed by atoms with Gasteiger partial charge in [0.2, 0.25) is 0 Å². The molecule has 2 rings (SSSR count). The summed E-state index contributed by atoms with van der Waals surface area (Å²) in [4.78, 5) is 11.4. The van der Waals surface area contributed by atoms with Crippen molar-refractivity contribution in [3.8, 4) is 5.75 Å². The van der Waals surface area contributed by atoms with E-state index in [2.05, 4.69) is 0 Å². The van der Waals surface area contributed by atoms with Gasteiger partial charge in [-0.15, -0.1) is 0 Å². The lowest BCUT2D eigenvalue weighted by Crippen LogP contribution is -2.05. The van der Waals surface area contributed by atoms with E-state index in [0.717, 1.165) is 12.3 Å². The maximum atomic E-state index is 13.4. The minimum Gasteiger partial charge on any atom is -0.493 e. The molecule has 0 heterocycles. The van der Waals surface area contributed by atoms with Gasteiger partial charge in [0.1, 0.15) is 11.6 Å². The van der Waals surface area contributed by atoms with Crippen molar-refractivity contribution in [1.29, 1.82) is 0 Å². The summed E-state index contributed by atoms with van der Waals surface area (Å²) < 4.78 is 19.0. The number of rotatable bonds is 5. The zero-order valence-corrected chi connectivity index (χ0v) is 10.3. The second kappa shape index (κ2) is 4.86.